The first kappa shape index (κ1) is 29.1. The normalized spacial score (nSPS) is 21.3. The van der Waals surface area contributed by atoms with Crippen LogP contribution in [0.4, 0.5) is 8.78 Å². The first-order valence-corrected chi connectivity index (χ1v) is 16.0. The Morgan fingerprint density at radius 1 is 1.19 bits per heavy atom. The Bertz CT molecular complexity index is 1830. The standard InChI is InChI=1S/C32H34F2N6O2S/c1-21(2)20-39(43(4,42)30-12-14-38(3)37-30)27-8-5-23-15-29-22(19-36-40(29)26-9-6-24(33)7-10-26)17-32(23,18-27)31(41)28-16-25(34)11-13-35-28/h6-7,9-16,19,21,27H,4-5,8,17-18,20H2,1-3H3/t27-,32-,43?/m0/s1. The summed E-state index contributed by atoms with van der Waals surface area (Å²) in [6.45, 7) is 4.62. The van der Waals surface area contributed by atoms with Crippen molar-refractivity contribution in [3.8, 4) is 5.69 Å². The van der Waals surface area contributed by atoms with Gasteiger partial charge in [-0.25, -0.2) is 22.0 Å². The van der Waals surface area contributed by atoms with Crippen molar-refractivity contribution in [2.45, 2.75) is 50.6 Å². The number of aromatic nitrogens is 5. The molecule has 224 valence electrons. The second-order valence-corrected chi connectivity index (χ2v) is 14.1. The summed E-state index contributed by atoms with van der Waals surface area (Å²) in [5.74, 6) is 3.20. The molecular formula is C32H34F2N6O2S. The molecule has 0 bridgehead atoms. The van der Waals surface area contributed by atoms with Gasteiger partial charge in [0.15, 0.2) is 10.8 Å². The zero-order valence-corrected chi connectivity index (χ0v) is 25.2. The van der Waals surface area contributed by atoms with Crippen molar-refractivity contribution in [1.29, 1.82) is 0 Å². The number of Topliss-reactive ketones (excluding diaryl/α,β-unsaturated/α-hetero) is 1. The molecule has 2 aliphatic rings. The number of pyridine rings is 1. The van der Waals surface area contributed by atoms with Gasteiger partial charge >= 0.3 is 0 Å². The largest absolute Gasteiger partial charge is 0.291 e. The topological polar surface area (TPSA) is 85.9 Å². The molecule has 1 unspecified atom stereocenters. The lowest BCUT2D eigenvalue weighted by Gasteiger charge is -2.47. The number of ketones is 1. The summed E-state index contributed by atoms with van der Waals surface area (Å²) in [7, 11) is -1.21. The van der Waals surface area contributed by atoms with E-state index in [0.717, 1.165) is 16.8 Å². The number of halogens is 2. The highest BCUT2D eigenvalue weighted by molar-refractivity contribution is 7.98. The van der Waals surface area contributed by atoms with Gasteiger partial charge in [0.25, 0.3) is 0 Å². The number of hydrogen-bond acceptors (Lipinski definition) is 5. The van der Waals surface area contributed by atoms with Crippen LogP contribution in [-0.4, -0.2) is 57.3 Å². The third-order valence-electron chi connectivity index (χ3n) is 8.44. The Hall–Kier alpha value is -3.96. The lowest BCUT2D eigenvalue weighted by molar-refractivity contribution is 0.0734. The summed E-state index contributed by atoms with van der Waals surface area (Å²) in [5.41, 5.74) is 2.26. The lowest BCUT2D eigenvalue weighted by atomic mass is 9.60. The van der Waals surface area contributed by atoms with E-state index in [1.54, 1.807) is 47.0 Å². The van der Waals surface area contributed by atoms with Gasteiger partial charge in [0.2, 0.25) is 0 Å². The number of aryl methyl sites for hydroxylation is 1. The zero-order chi connectivity index (χ0) is 30.5. The Kier molecular flexibility index (Phi) is 7.42. The van der Waals surface area contributed by atoms with Crippen LogP contribution >= 0.6 is 0 Å². The Morgan fingerprint density at radius 3 is 2.63 bits per heavy atom. The van der Waals surface area contributed by atoms with E-state index >= 15 is 0 Å². The second kappa shape index (κ2) is 10.9. The third kappa shape index (κ3) is 5.25. The molecule has 0 radical (unpaired) electrons. The Morgan fingerprint density at radius 2 is 1.95 bits per heavy atom. The van der Waals surface area contributed by atoms with Crippen molar-refractivity contribution in [2.24, 2.45) is 18.4 Å². The molecule has 3 atom stereocenters. The van der Waals surface area contributed by atoms with Crippen LogP contribution in [0.25, 0.3) is 11.8 Å². The number of carbonyl (C=O) groups is 1. The maximum absolute atomic E-state index is 14.5. The molecule has 3 heterocycles. The van der Waals surface area contributed by atoms with Gasteiger partial charge in [0, 0.05) is 38.1 Å². The maximum atomic E-state index is 14.5. The fourth-order valence-corrected chi connectivity index (χ4v) is 8.42. The van der Waals surface area contributed by atoms with Crippen molar-refractivity contribution in [1.82, 2.24) is 28.9 Å². The predicted molar refractivity (Wildman–Crippen MR) is 162 cm³/mol. The molecule has 8 nitrogen and oxygen atoms in total. The lowest BCUT2D eigenvalue weighted by Crippen LogP contribution is -2.51. The average molecular weight is 605 g/mol. The van der Waals surface area contributed by atoms with Crippen LogP contribution in [0.3, 0.4) is 0 Å². The van der Waals surface area contributed by atoms with Gasteiger partial charge < -0.3 is 0 Å². The van der Waals surface area contributed by atoms with Gasteiger partial charge in [-0.15, -0.1) is 0 Å². The number of rotatable bonds is 8. The number of carbonyl (C=O) groups excluding carboxylic acids is 1. The molecule has 11 heteroatoms. The van der Waals surface area contributed by atoms with Crippen LogP contribution in [0.2, 0.25) is 0 Å². The molecule has 0 spiro atoms. The van der Waals surface area contributed by atoms with Crippen LogP contribution in [-0.2, 0) is 23.2 Å². The van der Waals surface area contributed by atoms with Crippen molar-refractivity contribution in [3.63, 3.8) is 0 Å². The highest BCUT2D eigenvalue weighted by Crippen LogP contribution is 2.51. The SMILES string of the molecule is C=S(=O)(c1ccn(C)n1)N(CC(C)C)[C@H]1CCC2=Cc3c(cnn3-c3ccc(F)cc3)C[C@]2(C(=O)c2cc(F)ccn2)C1. The Labute approximate surface area is 250 Å². The van der Waals surface area contributed by atoms with Gasteiger partial charge in [0.05, 0.1) is 32.7 Å². The van der Waals surface area contributed by atoms with E-state index < -0.39 is 20.9 Å². The highest BCUT2D eigenvalue weighted by atomic mass is 32.2. The van der Waals surface area contributed by atoms with Gasteiger partial charge in [-0.3, -0.25) is 14.5 Å². The third-order valence-corrected chi connectivity index (χ3v) is 10.5. The smallest absolute Gasteiger partial charge is 0.191 e. The van der Waals surface area contributed by atoms with E-state index in [4.69, 9.17) is 0 Å². The second-order valence-electron chi connectivity index (χ2n) is 11.9. The van der Waals surface area contributed by atoms with Crippen LogP contribution in [0.5, 0.6) is 0 Å². The van der Waals surface area contributed by atoms with E-state index in [-0.39, 0.29) is 29.3 Å². The molecule has 2 aliphatic carbocycles. The highest BCUT2D eigenvalue weighted by Gasteiger charge is 2.51. The summed E-state index contributed by atoms with van der Waals surface area (Å²) in [6, 6.07) is 9.95. The first-order valence-electron chi connectivity index (χ1n) is 14.3. The van der Waals surface area contributed by atoms with Crippen molar-refractivity contribution < 1.29 is 17.8 Å². The molecule has 43 heavy (non-hydrogen) atoms. The van der Waals surface area contributed by atoms with Crippen molar-refractivity contribution in [2.75, 3.05) is 6.54 Å². The van der Waals surface area contributed by atoms with E-state index in [2.05, 4.69) is 34.9 Å². The van der Waals surface area contributed by atoms with Crippen LogP contribution in [0, 0.1) is 23.0 Å². The molecule has 1 saturated carbocycles. The van der Waals surface area contributed by atoms with Gasteiger partial charge in [-0.2, -0.15) is 10.2 Å². The maximum Gasteiger partial charge on any atom is 0.191 e. The molecule has 0 aliphatic heterocycles. The zero-order valence-electron chi connectivity index (χ0n) is 24.4. The number of hydrogen-bond donors (Lipinski definition) is 0. The molecule has 1 aromatic carbocycles. The molecule has 0 saturated heterocycles. The monoisotopic (exact) mass is 604 g/mol. The van der Waals surface area contributed by atoms with E-state index in [1.165, 1.54) is 30.5 Å². The number of benzene rings is 1. The molecule has 0 amide bonds. The van der Waals surface area contributed by atoms with Crippen molar-refractivity contribution >= 4 is 27.4 Å². The molecular weight excluding hydrogens is 570 g/mol. The minimum atomic E-state index is -2.98. The fraction of sp³-hybridized carbons (Fsp3) is 0.344. The quantitative estimate of drug-likeness (QED) is 0.202. The number of fused-ring (bicyclic) bond motifs is 2. The van der Waals surface area contributed by atoms with E-state index in [0.29, 0.717) is 42.9 Å². The van der Waals surface area contributed by atoms with Gasteiger partial charge in [0.1, 0.15) is 17.3 Å². The fourth-order valence-electron chi connectivity index (χ4n) is 6.45. The Balaban J connectivity index is 1.45. The number of nitrogens with zero attached hydrogens (tertiary/aromatic N) is 6. The summed E-state index contributed by atoms with van der Waals surface area (Å²) in [6.07, 6.45) is 8.64. The van der Waals surface area contributed by atoms with Gasteiger partial charge in [-0.1, -0.05) is 19.4 Å². The molecule has 0 N–H and O–H groups in total. The van der Waals surface area contributed by atoms with Crippen molar-refractivity contribution in [3.05, 3.63) is 95.2 Å². The summed E-state index contributed by atoms with van der Waals surface area (Å²) >= 11 is 0. The van der Waals surface area contributed by atoms with E-state index in [9.17, 15) is 17.8 Å². The van der Waals surface area contributed by atoms with Gasteiger partial charge in [-0.05, 0) is 85.5 Å². The van der Waals surface area contributed by atoms with Crippen LogP contribution in [0.1, 0.15) is 54.9 Å². The van der Waals surface area contributed by atoms with Crippen LogP contribution < -0.4 is 0 Å². The molecule has 4 aromatic rings. The number of allylic oxidation sites excluding steroid dienone is 1. The minimum Gasteiger partial charge on any atom is -0.291 e. The molecule has 3 aromatic heterocycles. The summed E-state index contributed by atoms with van der Waals surface area (Å²) < 4.78 is 47.7. The predicted octanol–water partition coefficient (Wildman–Crippen LogP) is 5.29. The molecule has 6 rings (SSSR count). The van der Waals surface area contributed by atoms with E-state index in [1.807, 2.05) is 10.4 Å². The summed E-state index contributed by atoms with van der Waals surface area (Å²) in [5, 5.41) is 9.43. The van der Waals surface area contributed by atoms with Crippen LogP contribution in [0.15, 0.2) is 71.7 Å². The average Bonchev–Trinajstić information content (AvgIpc) is 3.60. The molecule has 1 fully saturated rings. The first-order chi connectivity index (χ1) is 20.5. The summed E-state index contributed by atoms with van der Waals surface area (Å²) in [4.78, 5) is 18.8. The minimum absolute atomic E-state index is 0.0522.